The lowest BCUT2D eigenvalue weighted by Crippen LogP contribution is -2.57. The van der Waals surface area contributed by atoms with E-state index < -0.39 is 53.8 Å². The minimum atomic E-state index is -1.27. The summed E-state index contributed by atoms with van der Waals surface area (Å²) >= 11 is 1.43. The smallest absolute Gasteiger partial charge is 0.326 e. The second kappa shape index (κ2) is 17.6. The fraction of sp³-hybridized carbons (Fsp3) is 0.591. The van der Waals surface area contributed by atoms with E-state index >= 15 is 0 Å². The van der Waals surface area contributed by atoms with Gasteiger partial charge in [0.2, 0.25) is 23.6 Å². The van der Waals surface area contributed by atoms with Crippen molar-refractivity contribution in [3.8, 4) is 0 Å². The number of carboxylic acid groups (broad SMARTS) is 1. The van der Waals surface area contributed by atoms with Crippen molar-refractivity contribution in [2.24, 2.45) is 27.9 Å². The number of aromatic amines is 1. The summed E-state index contributed by atoms with van der Waals surface area (Å²) in [6, 6.07) is -4.57. The molecule has 39 heavy (non-hydrogen) atoms. The number of carbonyl (C=O) groups is 5. The van der Waals surface area contributed by atoms with Crippen molar-refractivity contribution < 1.29 is 29.1 Å². The second-order valence-electron chi connectivity index (χ2n) is 8.64. The van der Waals surface area contributed by atoms with Crippen LogP contribution in [0.4, 0.5) is 0 Å². The van der Waals surface area contributed by atoms with E-state index in [9.17, 15) is 29.1 Å². The molecule has 0 aliphatic carbocycles. The van der Waals surface area contributed by atoms with Crippen LogP contribution in [0.3, 0.4) is 0 Å². The summed E-state index contributed by atoms with van der Waals surface area (Å²) in [5.74, 6) is -3.61. The number of rotatable bonds is 19. The molecule has 0 spiro atoms. The van der Waals surface area contributed by atoms with E-state index in [0.717, 1.165) is 0 Å². The Morgan fingerprint density at radius 2 is 1.62 bits per heavy atom. The summed E-state index contributed by atoms with van der Waals surface area (Å²) in [4.78, 5) is 72.1. The number of H-pyrrole nitrogens is 1. The van der Waals surface area contributed by atoms with Gasteiger partial charge in [0.1, 0.15) is 18.1 Å². The van der Waals surface area contributed by atoms with Crippen LogP contribution in [0.25, 0.3) is 0 Å². The Bertz CT molecular complexity index is 986. The number of hydrogen-bond donors (Lipinski definition) is 9. The van der Waals surface area contributed by atoms with Gasteiger partial charge in [-0.2, -0.15) is 11.8 Å². The molecule has 0 aliphatic heterocycles. The first-order chi connectivity index (χ1) is 18.4. The van der Waals surface area contributed by atoms with Crippen molar-refractivity contribution in [3.05, 3.63) is 18.2 Å². The standard InChI is InChI=1S/C22H38N10O6S/c1-39-8-6-15(20(36)32-16(21(37)38)9-12-10-27-11-29-12)31-19(35)14(3-2-7-28-22(25)26)30-18(34)13(23)4-5-17(24)33/h10-11,13-16H,2-9,23H2,1H3,(H2,24,33)(H,27,29)(H,30,34)(H,31,35)(H,32,36)(H,37,38)(H4,25,26,28). The lowest BCUT2D eigenvalue weighted by Gasteiger charge is -2.25. The van der Waals surface area contributed by atoms with E-state index in [0.29, 0.717) is 17.9 Å². The van der Waals surface area contributed by atoms with Crippen LogP contribution in [0.2, 0.25) is 0 Å². The summed E-state index contributed by atoms with van der Waals surface area (Å²) in [7, 11) is 0. The number of aromatic nitrogens is 2. The summed E-state index contributed by atoms with van der Waals surface area (Å²) in [5, 5.41) is 17.2. The predicted octanol–water partition coefficient (Wildman–Crippen LogP) is -3.11. The maximum absolute atomic E-state index is 13.2. The van der Waals surface area contributed by atoms with E-state index in [1.54, 1.807) is 0 Å². The molecule has 4 atom stereocenters. The summed E-state index contributed by atoms with van der Waals surface area (Å²) in [5.41, 5.74) is 22.1. The maximum atomic E-state index is 13.2. The van der Waals surface area contributed by atoms with Crippen molar-refractivity contribution in [1.29, 1.82) is 0 Å². The molecule has 13 N–H and O–H groups in total. The van der Waals surface area contributed by atoms with E-state index in [1.165, 1.54) is 24.3 Å². The number of nitrogens with one attached hydrogen (secondary N) is 4. The first kappa shape index (κ1) is 33.2. The monoisotopic (exact) mass is 570 g/mol. The van der Waals surface area contributed by atoms with Gasteiger partial charge in [-0.05, 0) is 37.7 Å². The fourth-order valence-electron chi connectivity index (χ4n) is 3.35. The number of guanidine groups is 1. The first-order valence-corrected chi connectivity index (χ1v) is 13.5. The van der Waals surface area contributed by atoms with Crippen LogP contribution in [-0.2, 0) is 30.4 Å². The molecule has 1 rings (SSSR count). The minimum Gasteiger partial charge on any atom is -0.480 e. The largest absolute Gasteiger partial charge is 0.480 e. The number of aliphatic carboxylic acids is 1. The lowest BCUT2D eigenvalue weighted by atomic mass is 10.1. The van der Waals surface area contributed by atoms with E-state index in [2.05, 4.69) is 30.9 Å². The number of nitrogens with zero attached hydrogens (tertiary/aromatic N) is 2. The number of thioether (sulfide) groups is 1. The number of carboxylic acids is 1. The Labute approximate surface area is 229 Å². The van der Waals surface area contributed by atoms with E-state index in [1.807, 2.05) is 6.26 Å². The number of aliphatic imine (C=N–C) groups is 1. The average molecular weight is 571 g/mol. The molecule has 0 radical (unpaired) electrons. The van der Waals surface area contributed by atoms with Crippen molar-refractivity contribution in [3.63, 3.8) is 0 Å². The van der Waals surface area contributed by atoms with Crippen molar-refractivity contribution in [2.45, 2.75) is 62.7 Å². The number of amides is 4. The molecule has 4 amide bonds. The highest BCUT2D eigenvalue weighted by molar-refractivity contribution is 7.98. The van der Waals surface area contributed by atoms with Gasteiger partial charge in [-0.3, -0.25) is 24.2 Å². The first-order valence-electron chi connectivity index (χ1n) is 12.1. The molecule has 0 saturated carbocycles. The Morgan fingerprint density at radius 1 is 1.00 bits per heavy atom. The number of primary amides is 1. The van der Waals surface area contributed by atoms with Gasteiger partial charge in [0.25, 0.3) is 0 Å². The summed E-state index contributed by atoms with van der Waals surface area (Å²) in [6.07, 6.45) is 5.07. The molecule has 16 nitrogen and oxygen atoms in total. The maximum Gasteiger partial charge on any atom is 0.326 e. The van der Waals surface area contributed by atoms with E-state index in [-0.39, 0.29) is 44.6 Å². The molecule has 4 unspecified atom stereocenters. The molecule has 17 heteroatoms. The zero-order valence-corrected chi connectivity index (χ0v) is 22.5. The highest BCUT2D eigenvalue weighted by Gasteiger charge is 2.30. The summed E-state index contributed by atoms with van der Waals surface area (Å²) < 4.78 is 0. The van der Waals surface area contributed by atoms with Gasteiger partial charge in [-0.1, -0.05) is 0 Å². The van der Waals surface area contributed by atoms with Gasteiger partial charge in [-0.15, -0.1) is 0 Å². The molecule has 1 aromatic rings. The molecule has 1 heterocycles. The topological polar surface area (TPSA) is 287 Å². The van der Waals surface area contributed by atoms with Gasteiger partial charge >= 0.3 is 5.97 Å². The Balaban J connectivity index is 2.99. The molecule has 0 aromatic carbocycles. The molecular weight excluding hydrogens is 532 g/mol. The molecular formula is C22H38N10O6S. The third kappa shape index (κ3) is 13.5. The molecule has 0 saturated heterocycles. The normalized spacial score (nSPS) is 13.8. The van der Waals surface area contributed by atoms with Crippen LogP contribution in [0, 0.1) is 0 Å². The Morgan fingerprint density at radius 3 is 2.15 bits per heavy atom. The molecule has 0 bridgehead atoms. The van der Waals surface area contributed by atoms with Crippen LogP contribution in [-0.4, -0.2) is 93.4 Å². The molecule has 218 valence electrons. The van der Waals surface area contributed by atoms with Crippen molar-refractivity contribution in [2.75, 3.05) is 18.6 Å². The van der Waals surface area contributed by atoms with Gasteiger partial charge in [0.15, 0.2) is 5.96 Å². The molecule has 1 aromatic heterocycles. The van der Waals surface area contributed by atoms with Gasteiger partial charge < -0.3 is 49.0 Å². The predicted molar refractivity (Wildman–Crippen MR) is 145 cm³/mol. The zero-order valence-electron chi connectivity index (χ0n) is 21.7. The van der Waals surface area contributed by atoms with Crippen molar-refractivity contribution in [1.82, 2.24) is 25.9 Å². The molecule has 0 fully saturated rings. The van der Waals surface area contributed by atoms with Crippen LogP contribution in [0.5, 0.6) is 0 Å². The molecule has 0 aliphatic rings. The number of imidazole rings is 1. The highest BCUT2D eigenvalue weighted by Crippen LogP contribution is 2.07. The van der Waals surface area contributed by atoms with Gasteiger partial charge in [-0.25, -0.2) is 9.78 Å². The van der Waals surface area contributed by atoms with Crippen LogP contribution >= 0.6 is 11.8 Å². The number of hydrogen-bond acceptors (Lipinski definition) is 9. The van der Waals surface area contributed by atoms with Crippen LogP contribution in [0.1, 0.15) is 37.8 Å². The summed E-state index contributed by atoms with van der Waals surface area (Å²) in [6.45, 7) is 0.181. The quantitative estimate of drug-likeness (QED) is 0.0455. The zero-order chi connectivity index (χ0) is 29.4. The van der Waals surface area contributed by atoms with Gasteiger partial charge in [0.05, 0.1) is 12.4 Å². The Hall–Kier alpha value is -3.86. The second-order valence-corrected chi connectivity index (χ2v) is 9.63. The third-order valence-electron chi connectivity index (χ3n) is 5.45. The fourth-order valence-corrected chi connectivity index (χ4v) is 3.82. The van der Waals surface area contributed by atoms with Crippen LogP contribution in [0.15, 0.2) is 17.5 Å². The van der Waals surface area contributed by atoms with E-state index in [4.69, 9.17) is 22.9 Å². The third-order valence-corrected chi connectivity index (χ3v) is 6.10. The van der Waals surface area contributed by atoms with Crippen LogP contribution < -0.4 is 38.9 Å². The van der Waals surface area contributed by atoms with Crippen molar-refractivity contribution >= 4 is 47.3 Å². The number of nitrogens with two attached hydrogens (primary N) is 4. The minimum absolute atomic E-state index is 0.0187. The number of carbonyl (C=O) groups excluding carboxylic acids is 4. The lowest BCUT2D eigenvalue weighted by molar-refractivity contribution is -0.142. The highest BCUT2D eigenvalue weighted by atomic mass is 32.2. The SMILES string of the molecule is CSCCC(NC(=O)C(CCCN=C(N)N)NC(=O)C(N)CCC(N)=O)C(=O)NC(Cc1cnc[nH]1)C(=O)O. The van der Waals surface area contributed by atoms with Gasteiger partial charge in [0, 0.05) is 31.3 Å². The average Bonchev–Trinajstić information content (AvgIpc) is 3.38. The Kier molecular flexibility index (Phi) is 15.0.